The lowest BCUT2D eigenvalue weighted by molar-refractivity contribution is -0.151. The van der Waals surface area contributed by atoms with Crippen LogP contribution in [0.2, 0.25) is 0 Å². The normalized spacial score (nSPS) is 10.3. The molecule has 7 heteroatoms. The molecule has 0 spiro atoms. The van der Waals surface area contributed by atoms with Crippen molar-refractivity contribution in [3.05, 3.63) is 29.8 Å². The highest BCUT2D eigenvalue weighted by Gasteiger charge is 2.14. The minimum absolute atomic E-state index is 0.199. The van der Waals surface area contributed by atoms with Crippen LogP contribution in [0.1, 0.15) is 32.3 Å². The van der Waals surface area contributed by atoms with Gasteiger partial charge in [0.15, 0.2) is 6.61 Å². The highest BCUT2D eigenvalue weighted by Crippen LogP contribution is 2.18. The minimum Gasteiger partial charge on any atom is -0.496 e. The van der Waals surface area contributed by atoms with E-state index < -0.39 is 5.97 Å². The number of carbonyl (C=O) groups is 3. The molecule has 144 valence electrons. The molecule has 0 heterocycles. The van der Waals surface area contributed by atoms with Crippen molar-refractivity contribution in [3.63, 3.8) is 0 Å². The highest BCUT2D eigenvalue weighted by atomic mass is 16.5. The van der Waals surface area contributed by atoms with Gasteiger partial charge in [-0.2, -0.15) is 0 Å². The van der Waals surface area contributed by atoms with Crippen LogP contribution in [-0.2, 0) is 25.7 Å². The van der Waals surface area contributed by atoms with Crippen molar-refractivity contribution < 1.29 is 23.9 Å². The fourth-order valence-electron chi connectivity index (χ4n) is 2.16. The van der Waals surface area contributed by atoms with E-state index in [1.165, 1.54) is 4.90 Å². The SMILES string of the molecule is COc1ccccc1CN(C)C(=O)COC(=O)CNC(=O)CCC(C)C. The molecule has 0 saturated heterocycles. The maximum Gasteiger partial charge on any atom is 0.325 e. The fourth-order valence-corrected chi connectivity index (χ4v) is 2.16. The van der Waals surface area contributed by atoms with Gasteiger partial charge in [-0.15, -0.1) is 0 Å². The predicted molar refractivity (Wildman–Crippen MR) is 97.5 cm³/mol. The van der Waals surface area contributed by atoms with Crippen LogP contribution in [0.5, 0.6) is 5.75 Å². The average Bonchev–Trinajstić information content (AvgIpc) is 2.62. The minimum atomic E-state index is -0.637. The number of benzene rings is 1. The number of rotatable bonds is 10. The van der Waals surface area contributed by atoms with Gasteiger partial charge >= 0.3 is 5.97 Å². The third-order valence-corrected chi connectivity index (χ3v) is 3.76. The molecule has 7 nitrogen and oxygen atoms in total. The van der Waals surface area contributed by atoms with Crippen LogP contribution >= 0.6 is 0 Å². The molecule has 1 rings (SSSR count). The molecule has 0 saturated carbocycles. The predicted octanol–water partition coefficient (Wildman–Crippen LogP) is 1.75. The summed E-state index contributed by atoms with van der Waals surface area (Å²) in [6.07, 6.45) is 1.12. The van der Waals surface area contributed by atoms with E-state index in [2.05, 4.69) is 5.32 Å². The summed E-state index contributed by atoms with van der Waals surface area (Å²) in [5, 5.41) is 2.49. The van der Waals surface area contributed by atoms with E-state index in [1.807, 2.05) is 38.1 Å². The molecule has 0 fully saturated rings. The van der Waals surface area contributed by atoms with Crippen LogP contribution in [-0.4, -0.2) is 50.0 Å². The average molecular weight is 364 g/mol. The molecule has 0 atom stereocenters. The second kappa shape index (κ2) is 11.1. The molecule has 0 bridgehead atoms. The summed E-state index contributed by atoms with van der Waals surface area (Å²) in [4.78, 5) is 36.7. The van der Waals surface area contributed by atoms with Crippen molar-refractivity contribution in [2.45, 2.75) is 33.2 Å². The topological polar surface area (TPSA) is 84.9 Å². The summed E-state index contributed by atoms with van der Waals surface area (Å²) >= 11 is 0. The number of hydrogen-bond donors (Lipinski definition) is 1. The molecule has 26 heavy (non-hydrogen) atoms. The van der Waals surface area contributed by atoms with Gasteiger partial charge in [-0.05, 0) is 18.4 Å². The molecule has 0 aliphatic rings. The first-order valence-corrected chi connectivity index (χ1v) is 8.61. The standard InChI is InChI=1S/C19H28N2O5/c1-14(2)9-10-17(22)20-11-19(24)26-13-18(23)21(3)12-15-7-5-6-8-16(15)25-4/h5-8,14H,9-13H2,1-4H3,(H,20,22). The summed E-state index contributed by atoms with van der Waals surface area (Å²) in [5.74, 6) is -0.0649. The van der Waals surface area contributed by atoms with Crippen molar-refractivity contribution in [3.8, 4) is 5.75 Å². The molecule has 0 aromatic heterocycles. The summed E-state index contributed by atoms with van der Waals surface area (Å²) in [6, 6.07) is 7.39. The Hall–Kier alpha value is -2.57. The Morgan fingerprint density at radius 3 is 2.54 bits per heavy atom. The summed E-state index contributed by atoms with van der Waals surface area (Å²) in [7, 11) is 3.19. The van der Waals surface area contributed by atoms with E-state index in [0.717, 1.165) is 12.0 Å². The summed E-state index contributed by atoms with van der Waals surface area (Å²) in [5.41, 5.74) is 0.856. The third kappa shape index (κ3) is 8.00. The first kappa shape index (κ1) is 21.5. The van der Waals surface area contributed by atoms with Gasteiger partial charge in [0, 0.05) is 25.6 Å². The van der Waals surface area contributed by atoms with Gasteiger partial charge in [0.25, 0.3) is 5.91 Å². The fraction of sp³-hybridized carbons (Fsp3) is 0.526. The molecule has 0 aliphatic heterocycles. The maximum absolute atomic E-state index is 12.1. The third-order valence-electron chi connectivity index (χ3n) is 3.76. The lowest BCUT2D eigenvalue weighted by Crippen LogP contribution is -2.34. The van der Waals surface area contributed by atoms with Gasteiger partial charge in [-0.3, -0.25) is 14.4 Å². The molecule has 1 N–H and O–H groups in total. The lowest BCUT2D eigenvalue weighted by Gasteiger charge is -2.18. The van der Waals surface area contributed by atoms with Gasteiger partial charge in [-0.25, -0.2) is 0 Å². The van der Waals surface area contributed by atoms with Crippen molar-refractivity contribution in [2.24, 2.45) is 5.92 Å². The Morgan fingerprint density at radius 2 is 1.88 bits per heavy atom. The van der Waals surface area contributed by atoms with Gasteiger partial charge in [0.1, 0.15) is 12.3 Å². The Bertz CT molecular complexity index is 616. The van der Waals surface area contributed by atoms with Gasteiger partial charge < -0.3 is 19.7 Å². The number of amides is 2. The zero-order valence-electron chi connectivity index (χ0n) is 15.9. The van der Waals surface area contributed by atoms with Crippen molar-refractivity contribution in [1.82, 2.24) is 10.2 Å². The number of methoxy groups -OCH3 is 1. The number of carbonyl (C=O) groups excluding carboxylic acids is 3. The Morgan fingerprint density at radius 1 is 1.19 bits per heavy atom. The van der Waals surface area contributed by atoms with Crippen LogP contribution in [0.3, 0.4) is 0 Å². The van der Waals surface area contributed by atoms with Gasteiger partial charge in [-0.1, -0.05) is 32.0 Å². The summed E-state index contributed by atoms with van der Waals surface area (Å²) in [6.45, 7) is 3.78. The number of ether oxygens (including phenoxy) is 2. The number of para-hydroxylation sites is 1. The zero-order valence-corrected chi connectivity index (χ0v) is 15.9. The molecule has 1 aromatic rings. The van der Waals surface area contributed by atoms with E-state index in [4.69, 9.17) is 9.47 Å². The number of esters is 1. The monoisotopic (exact) mass is 364 g/mol. The van der Waals surface area contributed by atoms with Crippen LogP contribution in [0.4, 0.5) is 0 Å². The van der Waals surface area contributed by atoms with Crippen LogP contribution in [0, 0.1) is 5.92 Å². The molecule has 2 amide bonds. The molecule has 1 aromatic carbocycles. The molecule has 0 unspecified atom stereocenters. The first-order chi connectivity index (χ1) is 12.3. The van der Waals surface area contributed by atoms with Gasteiger partial charge in [0.2, 0.25) is 5.91 Å². The van der Waals surface area contributed by atoms with Crippen molar-refractivity contribution >= 4 is 17.8 Å². The molecule has 0 aliphatic carbocycles. The second-order valence-electron chi connectivity index (χ2n) is 6.43. The number of nitrogens with zero attached hydrogens (tertiary/aromatic N) is 1. The number of likely N-dealkylation sites (N-methyl/N-ethyl adjacent to an activating group) is 1. The van der Waals surface area contributed by atoms with Crippen LogP contribution < -0.4 is 10.1 Å². The Kier molecular flexibility index (Phi) is 9.19. The molecule has 0 radical (unpaired) electrons. The smallest absolute Gasteiger partial charge is 0.325 e. The molecular weight excluding hydrogens is 336 g/mol. The van der Waals surface area contributed by atoms with E-state index in [1.54, 1.807) is 14.2 Å². The number of nitrogens with one attached hydrogen (secondary N) is 1. The van der Waals surface area contributed by atoms with Crippen molar-refractivity contribution in [1.29, 1.82) is 0 Å². The van der Waals surface area contributed by atoms with Crippen LogP contribution in [0.25, 0.3) is 0 Å². The molecular formula is C19H28N2O5. The van der Waals surface area contributed by atoms with Crippen LogP contribution in [0.15, 0.2) is 24.3 Å². The van der Waals surface area contributed by atoms with Crippen molar-refractivity contribution in [2.75, 3.05) is 27.3 Å². The first-order valence-electron chi connectivity index (χ1n) is 8.61. The summed E-state index contributed by atoms with van der Waals surface area (Å²) < 4.78 is 10.2. The lowest BCUT2D eigenvalue weighted by atomic mass is 10.1. The quantitative estimate of drug-likeness (QED) is 0.640. The Labute approximate surface area is 154 Å². The maximum atomic E-state index is 12.1. The van der Waals surface area contributed by atoms with E-state index in [-0.39, 0.29) is 25.0 Å². The number of hydrogen-bond acceptors (Lipinski definition) is 5. The second-order valence-corrected chi connectivity index (χ2v) is 6.43. The van der Waals surface area contributed by atoms with E-state index >= 15 is 0 Å². The van der Waals surface area contributed by atoms with E-state index in [9.17, 15) is 14.4 Å². The largest absolute Gasteiger partial charge is 0.496 e. The van der Waals surface area contributed by atoms with Gasteiger partial charge in [0.05, 0.1) is 7.11 Å². The highest BCUT2D eigenvalue weighted by molar-refractivity contribution is 5.84. The van der Waals surface area contributed by atoms with E-state index in [0.29, 0.717) is 24.6 Å². The zero-order chi connectivity index (χ0) is 19.5. The Balaban J connectivity index is 2.34.